The summed E-state index contributed by atoms with van der Waals surface area (Å²) in [7, 11) is 1.68. The standard InChI is InChI=1S/C24H23NO2/c1-17(18-9-5-3-6-10-18)25-16-20-15-21(27-2)13-14-22(20)23(24(25)26)19-11-7-4-8-12-19/h3-15,17,23H,16H2,1-2H3/t17-,23-/m0/s1. The Balaban J connectivity index is 1.80. The van der Waals surface area contributed by atoms with Gasteiger partial charge in [0.05, 0.1) is 19.1 Å². The Morgan fingerprint density at radius 3 is 2.30 bits per heavy atom. The van der Waals surface area contributed by atoms with Gasteiger partial charge in [-0.05, 0) is 41.3 Å². The molecule has 0 spiro atoms. The van der Waals surface area contributed by atoms with Gasteiger partial charge in [-0.2, -0.15) is 0 Å². The molecule has 0 unspecified atom stereocenters. The zero-order valence-electron chi connectivity index (χ0n) is 15.6. The lowest BCUT2D eigenvalue weighted by Gasteiger charge is -2.38. The van der Waals surface area contributed by atoms with Crippen LogP contribution in [0.3, 0.4) is 0 Å². The predicted octanol–water partition coefficient (Wildman–Crippen LogP) is 4.93. The third kappa shape index (κ3) is 3.21. The Morgan fingerprint density at radius 2 is 1.63 bits per heavy atom. The van der Waals surface area contributed by atoms with Crippen LogP contribution in [0.4, 0.5) is 0 Å². The lowest BCUT2D eigenvalue weighted by Crippen LogP contribution is -2.41. The minimum Gasteiger partial charge on any atom is -0.497 e. The Labute approximate surface area is 160 Å². The van der Waals surface area contributed by atoms with Gasteiger partial charge in [0.1, 0.15) is 5.75 Å². The molecule has 2 atom stereocenters. The maximum absolute atomic E-state index is 13.6. The average Bonchev–Trinajstić information content (AvgIpc) is 2.73. The number of hydrogen-bond acceptors (Lipinski definition) is 2. The number of methoxy groups -OCH3 is 1. The lowest BCUT2D eigenvalue weighted by molar-refractivity contribution is -0.135. The van der Waals surface area contributed by atoms with Crippen LogP contribution in [0.2, 0.25) is 0 Å². The second-order valence-corrected chi connectivity index (χ2v) is 6.96. The molecule has 3 nitrogen and oxygen atoms in total. The van der Waals surface area contributed by atoms with E-state index in [0.29, 0.717) is 6.54 Å². The first-order chi connectivity index (χ1) is 13.2. The molecule has 3 aromatic rings. The Bertz CT molecular complexity index is 937. The molecule has 1 aliphatic rings. The number of benzene rings is 3. The number of carbonyl (C=O) groups is 1. The van der Waals surface area contributed by atoms with Crippen molar-refractivity contribution >= 4 is 5.91 Å². The quantitative estimate of drug-likeness (QED) is 0.662. The SMILES string of the molecule is COc1ccc2c(c1)CN([C@@H](C)c1ccccc1)C(=O)[C@H]2c1ccccc1. The van der Waals surface area contributed by atoms with Crippen molar-refractivity contribution in [2.24, 2.45) is 0 Å². The smallest absolute Gasteiger partial charge is 0.235 e. The van der Waals surface area contributed by atoms with Gasteiger partial charge < -0.3 is 9.64 Å². The topological polar surface area (TPSA) is 29.5 Å². The van der Waals surface area contributed by atoms with Crippen LogP contribution in [-0.2, 0) is 11.3 Å². The summed E-state index contributed by atoms with van der Waals surface area (Å²) in [4.78, 5) is 15.5. The molecule has 1 aliphatic heterocycles. The van der Waals surface area contributed by atoms with E-state index in [1.54, 1.807) is 7.11 Å². The van der Waals surface area contributed by atoms with Crippen LogP contribution in [-0.4, -0.2) is 17.9 Å². The van der Waals surface area contributed by atoms with Crippen LogP contribution in [0.25, 0.3) is 0 Å². The van der Waals surface area contributed by atoms with Gasteiger partial charge in [0.25, 0.3) is 0 Å². The van der Waals surface area contributed by atoms with Gasteiger partial charge in [0, 0.05) is 6.54 Å². The summed E-state index contributed by atoms with van der Waals surface area (Å²) in [5.74, 6) is 0.685. The van der Waals surface area contributed by atoms with Crippen LogP contribution in [0.1, 0.15) is 41.1 Å². The molecule has 0 aromatic heterocycles. The average molecular weight is 357 g/mol. The molecule has 0 bridgehead atoms. The molecule has 0 aliphatic carbocycles. The zero-order chi connectivity index (χ0) is 18.8. The van der Waals surface area contributed by atoms with Crippen LogP contribution in [0, 0.1) is 0 Å². The van der Waals surface area contributed by atoms with E-state index in [0.717, 1.165) is 28.0 Å². The third-order valence-corrected chi connectivity index (χ3v) is 5.41. The third-order valence-electron chi connectivity index (χ3n) is 5.41. The summed E-state index contributed by atoms with van der Waals surface area (Å²) in [5.41, 5.74) is 4.39. The maximum atomic E-state index is 13.6. The largest absolute Gasteiger partial charge is 0.497 e. The van der Waals surface area contributed by atoms with E-state index in [9.17, 15) is 4.79 Å². The molecular formula is C24H23NO2. The van der Waals surface area contributed by atoms with Crippen molar-refractivity contribution in [3.8, 4) is 5.75 Å². The van der Waals surface area contributed by atoms with Gasteiger partial charge in [0.2, 0.25) is 5.91 Å². The van der Waals surface area contributed by atoms with Crippen molar-refractivity contribution in [1.82, 2.24) is 4.90 Å². The molecular weight excluding hydrogens is 334 g/mol. The fourth-order valence-corrected chi connectivity index (χ4v) is 3.89. The van der Waals surface area contributed by atoms with Crippen molar-refractivity contribution < 1.29 is 9.53 Å². The molecule has 4 rings (SSSR count). The zero-order valence-corrected chi connectivity index (χ0v) is 15.6. The Morgan fingerprint density at radius 1 is 0.963 bits per heavy atom. The van der Waals surface area contributed by atoms with Gasteiger partial charge >= 0.3 is 0 Å². The molecule has 136 valence electrons. The van der Waals surface area contributed by atoms with Crippen LogP contribution < -0.4 is 4.74 Å². The van der Waals surface area contributed by atoms with Crippen molar-refractivity contribution in [2.45, 2.75) is 25.4 Å². The number of carbonyl (C=O) groups excluding carboxylic acids is 1. The fraction of sp³-hybridized carbons (Fsp3) is 0.208. The summed E-state index contributed by atoms with van der Waals surface area (Å²) in [6.45, 7) is 2.69. The molecule has 0 radical (unpaired) electrons. The summed E-state index contributed by atoms with van der Waals surface area (Å²) >= 11 is 0. The monoisotopic (exact) mass is 357 g/mol. The molecule has 0 fully saturated rings. The van der Waals surface area contributed by atoms with Gasteiger partial charge in [0.15, 0.2) is 0 Å². The molecule has 3 heteroatoms. The van der Waals surface area contributed by atoms with Crippen molar-refractivity contribution in [1.29, 1.82) is 0 Å². The first-order valence-corrected chi connectivity index (χ1v) is 9.26. The van der Waals surface area contributed by atoms with Crippen molar-refractivity contribution in [3.63, 3.8) is 0 Å². The number of amides is 1. The van der Waals surface area contributed by atoms with Crippen LogP contribution >= 0.6 is 0 Å². The van der Waals surface area contributed by atoms with Gasteiger partial charge in [-0.1, -0.05) is 66.7 Å². The number of rotatable bonds is 4. The van der Waals surface area contributed by atoms with E-state index in [4.69, 9.17) is 4.74 Å². The molecule has 1 heterocycles. The number of ether oxygens (including phenoxy) is 1. The fourth-order valence-electron chi connectivity index (χ4n) is 3.89. The lowest BCUT2D eigenvalue weighted by atomic mass is 9.83. The van der Waals surface area contributed by atoms with E-state index >= 15 is 0 Å². The van der Waals surface area contributed by atoms with Gasteiger partial charge in [-0.15, -0.1) is 0 Å². The molecule has 27 heavy (non-hydrogen) atoms. The van der Waals surface area contributed by atoms with E-state index in [2.05, 4.69) is 25.1 Å². The Hall–Kier alpha value is -3.07. The number of hydrogen-bond donors (Lipinski definition) is 0. The number of fused-ring (bicyclic) bond motifs is 1. The second kappa shape index (κ2) is 7.28. The molecule has 1 amide bonds. The first-order valence-electron chi connectivity index (χ1n) is 9.26. The highest BCUT2D eigenvalue weighted by atomic mass is 16.5. The minimum absolute atomic E-state index is 0.00395. The second-order valence-electron chi connectivity index (χ2n) is 6.96. The van der Waals surface area contributed by atoms with Crippen molar-refractivity contribution in [2.75, 3.05) is 7.11 Å². The summed E-state index contributed by atoms with van der Waals surface area (Å²) in [5, 5.41) is 0. The molecule has 0 saturated heterocycles. The van der Waals surface area contributed by atoms with Gasteiger partial charge in [-0.3, -0.25) is 4.79 Å². The van der Waals surface area contributed by atoms with E-state index in [-0.39, 0.29) is 17.9 Å². The summed E-state index contributed by atoms with van der Waals surface area (Å²) < 4.78 is 5.42. The first kappa shape index (κ1) is 17.3. The summed E-state index contributed by atoms with van der Waals surface area (Å²) in [6.07, 6.45) is 0. The van der Waals surface area contributed by atoms with E-state index in [1.807, 2.05) is 65.6 Å². The normalized spacial score (nSPS) is 17.3. The molecule has 0 saturated carbocycles. The highest BCUT2D eigenvalue weighted by Gasteiger charge is 2.36. The predicted molar refractivity (Wildman–Crippen MR) is 107 cm³/mol. The highest BCUT2D eigenvalue weighted by molar-refractivity contribution is 5.89. The Kier molecular flexibility index (Phi) is 4.68. The summed E-state index contributed by atoms with van der Waals surface area (Å²) in [6, 6.07) is 26.3. The molecule has 3 aromatic carbocycles. The van der Waals surface area contributed by atoms with Gasteiger partial charge in [-0.25, -0.2) is 0 Å². The van der Waals surface area contributed by atoms with Crippen molar-refractivity contribution in [3.05, 3.63) is 101 Å². The van der Waals surface area contributed by atoms with Crippen LogP contribution in [0.5, 0.6) is 5.75 Å². The van der Waals surface area contributed by atoms with E-state index in [1.165, 1.54) is 0 Å². The van der Waals surface area contributed by atoms with Crippen LogP contribution in [0.15, 0.2) is 78.9 Å². The van der Waals surface area contributed by atoms with E-state index < -0.39 is 0 Å². The highest BCUT2D eigenvalue weighted by Crippen LogP contribution is 2.39. The number of nitrogens with zero attached hydrogens (tertiary/aromatic N) is 1. The minimum atomic E-state index is -0.285. The maximum Gasteiger partial charge on any atom is 0.235 e. The molecule has 0 N–H and O–H groups in total.